The summed E-state index contributed by atoms with van der Waals surface area (Å²) in [5.74, 6) is 1.65. The van der Waals surface area contributed by atoms with Crippen LogP contribution in [0.5, 0.6) is 0 Å². The van der Waals surface area contributed by atoms with Gasteiger partial charge >= 0.3 is 0 Å². The molecule has 3 fully saturated rings. The van der Waals surface area contributed by atoms with Gasteiger partial charge in [0.15, 0.2) is 0 Å². The van der Waals surface area contributed by atoms with Crippen LogP contribution in [0.4, 0.5) is 0 Å². The SMILES string of the molecule is CC1CCCN(C(=O)C2CC23CCNCC3)CC1. The van der Waals surface area contributed by atoms with E-state index < -0.39 is 0 Å². The van der Waals surface area contributed by atoms with Crippen molar-refractivity contribution in [2.75, 3.05) is 26.2 Å². The largest absolute Gasteiger partial charge is 0.342 e. The topological polar surface area (TPSA) is 32.3 Å². The Labute approximate surface area is 110 Å². The third-order valence-corrected chi connectivity index (χ3v) is 5.42. The maximum absolute atomic E-state index is 12.6. The second-order valence-corrected chi connectivity index (χ2v) is 6.73. The number of nitrogens with zero attached hydrogens (tertiary/aromatic N) is 1. The molecule has 2 unspecified atom stereocenters. The number of carbonyl (C=O) groups is 1. The van der Waals surface area contributed by atoms with Gasteiger partial charge in [-0.1, -0.05) is 6.92 Å². The Balaban J connectivity index is 1.58. The van der Waals surface area contributed by atoms with E-state index in [9.17, 15) is 4.79 Å². The van der Waals surface area contributed by atoms with Gasteiger partial charge in [-0.15, -0.1) is 0 Å². The van der Waals surface area contributed by atoms with Gasteiger partial charge in [0.05, 0.1) is 0 Å². The molecule has 1 aliphatic carbocycles. The highest BCUT2D eigenvalue weighted by Crippen LogP contribution is 2.59. The number of rotatable bonds is 1. The molecule has 18 heavy (non-hydrogen) atoms. The van der Waals surface area contributed by atoms with Crippen molar-refractivity contribution in [3.8, 4) is 0 Å². The third kappa shape index (κ3) is 2.29. The first-order valence-corrected chi connectivity index (χ1v) is 7.71. The predicted octanol–water partition coefficient (Wildman–Crippen LogP) is 2.02. The van der Waals surface area contributed by atoms with Gasteiger partial charge in [0, 0.05) is 19.0 Å². The summed E-state index contributed by atoms with van der Waals surface area (Å²) >= 11 is 0. The van der Waals surface area contributed by atoms with Crippen molar-refractivity contribution in [1.29, 1.82) is 0 Å². The maximum Gasteiger partial charge on any atom is 0.226 e. The Morgan fingerprint density at radius 3 is 2.78 bits per heavy atom. The fourth-order valence-corrected chi connectivity index (χ4v) is 3.88. The molecule has 102 valence electrons. The van der Waals surface area contributed by atoms with Crippen LogP contribution in [0, 0.1) is 17.3 Å². The molecule has 2 aliphatic heterocycles. The van der Waals surface area contributed by atoms with Crippen molar-refractivity contribution in [3.05, 3.63) is 0 Å². The van der Waals surface area contributed by atoms with Gasteiger partial charge in [-0.25, -0.2) is 0 Å². The number of amides is 1. The van der Waals surface area contributed by atoms with Crippen LogP contribution in [0.2, 0.25) is 0 Å². The number of likely N-dealkylation sites (tertiary alicyclic amines) is 1. The molecule has 0 aromatic carbocycles. The fraction of sp³-hybridized carbons (Fsp3) is 0.933. The Morgan fingerprint density at radius 2 is 2.00 bits per heavy atom. The Bertz CT molecular complexity index is 316. The van der Waals surface area contributed by atoms with Crippen molar-refractivity contribution < 1.29 is 4.79 Å². The van der Waals surface area contributed by atoms with Crippen LogP contribution in [0.25, 0.3) is 0 Å². The van der Waals surface area contributed by atoms with Crippen LogP contribution >= 0.6 is 0 Å². The summed E-state index contributed by atoms with van der Waals surface area (Å²) in [6, 6.07) is 0. The van der Waals surface area contributed by atoms with Crippen molar-refractivity contribution in [2.24, 2.45) is 17.3 Å². The molecule has 3 aliphatic rings. The molecule has 0 aromatic heterocycles. The lowest BCUT2D eigenvalue weighted by Crippen LogP contribution is -2.37. The number of hydrogen-bond donors (Lipinski definition) is 1. The Morgan fingerprint density at radius 1 is 1.22 bits per heavy atom. The molecular formula is C15H26N2O. The highest BCUT2D eigenvalue weighted by molar-refractivity contribution is 5.82. The van der Waals surface area contributed by atoms with Gasteiger partial charge in [0.25, 0.3) is 0 Å². The minimum atomic E-state index is 0.369. The molecule has 0 radical (unpaired) electrons. The molecule has 1 amide bonds. The van der Waals surface area contributed by atoms with Gasteiger partial charge in [-0.05, 0) is 62.9 Å². The lowest BCUT2D eigenvalue weighted by molar-refractivity contribution is -0.133. The number of piperidine rings is 1. The maximum atomic E-state index is 12.6. The van der Waals surface area contributed by atoms with Crippen LogP contribution in [-0.4, -0.2) is 37.0 Å². The molecular weight excluding hydrogens is 224 g/mol. The molecule has 0 bridgehead atoms. The molecule has 3 heteroatoms. The van der Waals surface area contributed by atoms with Crippen molar-refractivity contribution in [2.45, 2.75) is 45.4 Å². The third-order valence-electron chi connectivity index (χ3n) is 5.42. The minimum absolute atomic E-state index is 0.369. The molecule has 1 spiro atoms. The minimum Gasteiger partial charge on any atom is -0.342 e. The zero-order chi connectivity index (χ0) is 12.6. The number of nitrogens with one attached hydrogen (secondary N) is 1. The summed E-state index contributed by atoms with van der Waals surface area (Å²) in [7, 11) is 0. The molecule has 2 saturated heterocycles. The highest BCUT2D eigenvalue weighted by Gasteiger charge is 2.58. The summed E-state index contributed by atoms with van der Waals surface area (Å²) < 4.78 is 0. The first kappa shape index (κ1) is 12.5. The second-order valence-electron chi connectivity index (χ2n) is 6.73. The number of hydrogen-bond acceptors (Lipinski definition) is 2. The van der Waals surface area contributed by atoms with Crippen LogP contribution in [0.3, 0.4) is 0 Å². The zero-order valence-electron chi connectivity index (χ0n) is 11.6. The average molecular weight is 250 g/mol. The molecule has 0 aromatic rings. The van der Waals surface area contributed by atoms with E-state index in [2.05, 4.69) is 17.1 Å². The highest BCUT2D eigenvalue weighted by atomic mass is 16.2. The quantitative estimate of drug-likeness (QED) is 0.772. The summed E-state index contributed by atoms with van der Waals surface area (Å²) in [4.78, 5) is 14.8. The van der Waals surface area contributed by atoms with Crippen molar-refractivity contribution in [1.82, 2.24) is 10.2 Å². The van der Waals surface area contributed by atoms with Crippen molar-refractivity contribution >= 4 is 5.91 Å². The van der Waals surface area contributed by atoms with E-state index in [0.29, 0.717) is 17.2 Å². The molecule has 3 nitrogen and oxygen atoms in total. The molecule has 1 saturated carbocycles. The van der Waals surface area contributed by atoms with Gasteiger partial charge in [-0.3, -0.25) is 4.79 Å². The van der Waals surface area contributed by atoms with Gasteiger partial charge in [0.1, 0.15) is 0 Å². The monoisotopic (exact) mass is 250 g/mol. The van der Waals surface area contributed by atoms with Gasteiger partial charge < -0.3 is 10.2 Å². The van der Waals surface area contributed by atoms with Gasteiger partial charge in [0.2, 0.25) is 5.91 Å². The van der Waals surface area contributed by atoms with E-state index in [1.54, 1.807) is 0 Å². The van der Waals surface area contributed by atoms with E-state index >= 15 is 0 Å². The molecule has 1 N–H and O–H groups in total. The molecule has 3 rings (SSSR count). The van der Waals surface area contributed by atoms with Crippen molar-refractivity contribution in [3.63, 3.8) is 0 Å². The van der Waals surface area contributed by atoms with Crippen LogP contribution < -0.4 is 5.32 Å². The van der Waals surface area contributed by atoms with E-state index in [1.807, 2.05) is 0 Å². The fourth-order valence-electron chi connectivity index (χ4n) is 3.88. The van der Waals surface area contributed by atoms with Crippen LogP contribution in [0.1, 0.15) is 45.4 Å². The standard InChI is InChI=1S/C15H26N2O/c1-12-3-2-9-17(10-4-12)14(18)13-11-15(13)5-7-16-8-6-15/h12-13,16H,2-11H2,1H3. The molecule has 2 heterocycles. The van der Waals surface area contributed by atoms with E-state index in [4.69, 9.17) is 0 Å². The van der Waals surface area contributed by atoms with Crippen LogP contribution in [-0.2, 0) is 4.79 Å². The average Bonchev–Trinajstić information content (AvgIpc) is 3.10. The summed E-state index contributed by atoms with van der Waals surface area (Å²) in [5, 5.41) is 3.41. The van der Waals surface area contributed by atoms with E-state index in [0.717, 1.165) is 32.1 Å². The normalized spacial score (nSPS) is 35.3. The first-order chi connectivity index (χ1) is 8.71. The molecule has 2 atom stereocenters. The lowest BCUT2D eigenvalue weighted by atomic mass is 9.91. The van der Waals surface area contributed by atoms with E-state index in [1.165, 1.54) is 38.5 Å². The zero-order valence-corrected chi connectivity index (χ0v) is 11.6. The second kappa shape index (κ2) is 4.84. The van der Waals surface area contributed by atoms with E-state index in [-0.39, 0.29) is 0 Å². The Hall–Kier alpha value is -0.570. The lowest BCUT2D eigenvalue weighted by Gasteiger charge is -2.26. The number of carbonyl (C=O) groups excluding carboxylic acids is 1. The first-order valence-electron chi connectivity index (χ1n) is 7.71. The van der Waals surface area contributed by atoms with Crippen LogP contribution in [0.15, 0.2) is 0 Å². The summed E-state index contributed by atoms with van der Waals surface area (Å²) in [6.07, 6.45) is 7.30. The summed E-state index contributed by atoms with van der Waals surface area (Å²) in [6.45, 7) is 6.56. The smallest absolute Gasteiger partial charge is 0.226 e. The summed E-state index contributed by atoms with van der Waals surface area (Å²) in [5.41, 5.74) is 0.403. The predicted molar refractivity (Wildman–Crippen MR) is 72.2 cm³/mol. The van der Waals surface area contributed by atoms with Gasteiger partial charge in [-0.2, -0.15) is 0 Å². The Kier molecular flexibility index (Phi) is 3.35.